The highest BCUT2D eigenvalue weighted by Crippen LogP contribution is 2.09. The second kappa shape index (κ2) is 7.94. The molecular formula is C16H19NO3. The van der Waals surface area contributed by atoms with Gasteiger partial charge < -0.3 is 10.1 Å². The molecule has 1 rings (SSSR count). The molecule has 0 bridgehead atoms. The first-order valence-electron chi connectivity index (χ1n) is 6.37. The molecular weight excluding hydrogens is 254 g/mol. The van der Waals surface area contributed by atoms with Gasteiger partial charge in [0.05, 0.1) is 0 Å². The van der Waals surface area contributed by atoms with Crippen LogP contribution in [0.1, 0.15) is 18.1 Å². The summed E-state index contributed by atoms with van der Waals surface area (Å²) in [7, 11) is 0. The van der Waals surface area contributed by atoms with E-state index < -0.39 is 12.1 Å². The van der Waals surface area contributed by atoms with Crippen LogP contribution in [0.2, 0.25) is 0 Å². The summed E-state index contributed by atoms with van der Waals surface area (Å²) in [5.74, 6) is -0.892. The molecule has 1 atom stereocenters. The molecule has 106 valence electrons. The highest BCUT2D eigenvalue weighted by Gasteiger charge is 2.15. The maximum absolute atomic E-state index is 11.6. The number of esters is 1. The molecule has 0 unspecified atom stereocenters. The zero-order valence-electron chi connectivity index (χ0n) is 11.8. The Kier molecular flexibility index (Phi) is 6.23. The summed E-state index contributed by atoms with van der Waals surface area (Å²) in [5, 5.41) is 2.56. The summed E-state index contributed by atoms with van der Waals surface area (Å²) in [6.45, 7) is 7.32. The van der Waals surface area contributed by atoms with Crippen LogP contribution >= 0.6 is 0 Å². The maximum atomic E-state index is 11.6. The van der Waals surface area contributed by atoms with Crippen molar-refractivity contribution in [3.8, 4) is 0 Å². The van der Waals surface area contributed by atoms with Crippen molar-refractivity contribution >= 4 is 18.0 Å². The van der Waals surface area contributed by atoms with Crippen molar-refractivity contribution in [3.05, 3.63) is 54.1 Å². The molecule has 0 spiro atoms. The Bertz CT molecular complexity index is 520. The van der Waals surface area contributed by atoms with Gasteiger partial charge in [0.25, 0.3) is 5.91 Å². The lowest BCUT2D eigenvalue weighted by Crippen LogP contribution is -2.35. The number of rotatable bonds is 6. The number of amides is 1. The van der Waals surface area contributed by atoms with E-state index in [2.05, 4.69) is 11.9 Å². The van der Waals surface area contributed by atoms with Gasteiger partial charge in [-0.2, -0.15) is 0 Å². The molecule has 4 heteroatoms. The van der Waals surface area contributed by atoms with E-state index >= 15 is 0 Å². The van der Waals surface area contributed by atoms with Crippen molar-refractivity contribution in [2.24, 2.45) is 0 Å². The SMILES string of the molecule is C=CCNC(=O)[C@@H](C)OC(=O)/C=C/c1ccccc1C. The van der Waals surface area contributed by atoms with Gasteiger partial charge in [0, 0.05) is 12.6 Å². The fraction of sp³-hybridized carbons (Fsp3) is 0.250. The fourth-order valence-corrected chi connectivity index (χ4v) is 1.52. The second-order valence-corrected chi connectivity index (χ2v) is 4.30. The molecule has 1 aromatic rings. The van der Waals surface area contributed by atoms with E-state index in [0.717, 1.165) is 11.1 Å². The number of hydrogen-bond donors (Lipinski definition) is 1. The molecule has 0 aliphatic rings. The molecule has 0 radical (unpaired) electrons. The van der Waals surface area contributed by atoms with Crippen LogP contribution in [0.3, 0.4) is 0 Å². The molecule has 0 aromatic heterocycles. The van der Waals surface area contributed by atoms with Crippen molar-refractivity contribution in [2.45, 2.75) is 20.0 Å². The van der Waals surface area contributed by atoms with Gasteiger partial charge in [-0.15, -0.1) is 6.58 Å². The zero-order valence-corrected chi connectivity index (χ0v) is 11.8. The topological polar surface area (TPSA) is 55.4 Å². The predicted octanol–water partition coefficient (Wildman–Crippen LogP) is 2.24. The van der Waals surface area contributed by atoms with Gasteiger partial charge in [0.1, 0.15) is 0 Å². The minimum absolute atomic E-state index is 0.345. The Morgan fingerprint density at radius 2 is 2.10 bits per heavy atom. The van der Waals surface area contributed by atoms with Crippen LogP contribution in [0, 0.1) is 6.92 Å². The van der Waals surface area contributed by atoms with Crippen molar-refractivity contribution < 1.29 is 14.3 Å². The van der Waals surface area contributed by atoms with E-state index in [4.69, 9.17) is 4.74 Å². The van der Waals surface area contributed by atoms with Crippen molar-refractivity contribution in [3.63, 3.8) is 0 Å². The number of hydrogen-bond acceptors (Lipinski definition) is 3. The summed E-state index contributed by atoms with van der Waals surface area (Å²) < 4.78 is 5.00. The van der Waals surface area contributed by atoms with Crippen molar-refractivity contribution in [1.82, 2.24) is 5.32 Å². The first-order chi connectivity index (χ1) is 9.54. The van der Waals surface area contributed by atoms with Gasteiger partial charge in [-0.25, -0.2) is 4.79 Å². The van der Waals surface area contributed by atoms with E-state index in [1.54, 1.807) is 12.2 Å². The monoisotopic (exact) mass is 273 g/mol. The number of carbonyl (C=O) groups excluding carboxylic acids is 2. The van der Waals surface area contributed by atoms with Gasteiger partial charge in [-0.3, -0.25) is 4.79 Å². The molecule has 0 aliphatic heterocycles. The van der Waals surface area contributed by atoms with Gasteiger partial charge in [-0.1, -0.05) is 30.3 Å². The van der Waals surface area contributed by atoms with Crippen LogP contribution in [0.5, 0.6) is 0 Å². The highest BCUT2D eigenvalue weighted by atomic mass is 16.5. The molecule has 1 aromatic carbocycles. The summed E-state index contributed by atoms with van der Waals surface area (Å²) in [6.07, 6.45) is 3.72. The normalized spacial score (nSPS) is 11.9. The second-order valence-electron chi connectivity index (χ2n) is 4.30. The average molecular weight is 273 g/mol. The van der Waals surface area contributed by atoms with Gasteiger partial charge in [0.15, 0.2) is 6.10 Å². The van der Waals surface area contributed by atoms with Crippen molar-refractivity contribution in [1.29, 1.82) is 0 Å². The Morgan fingerprint density at radius 3 is 2.75 bits per heavy atom. The Labute approximate surface area is 119 Å². The first kappa shape index (κ1) is 15.7. The number of carbonyl (C=O) groups is 2. The smallest absolute Gasteiger partial charge is 0.331 e. The van der Waals surface area contributed by atoms with E-state index in [1.807, 2.05) is 31.2 Å². The lowest BCUT2D eigenvalue weighted by atomic mass is 10.1. The molecule has 1 N–H and O–H groups in total. The molecule has 0 saturated heterocycles. The molecule has 0 aliphatic carbocycles. The molecule has 4 nitrogen and oxygen atoms in total. The third-order valence-electron chi connectivity index (χ3n) is 2.67. The molecule has 0 fully saturated rings. The van der Waals surface area contributed by atoms with E-state index in [-0.39, 0.29) is 5.91 Å². The fourth-order valence-electron chi connectivity index (χ4n) is 1.52. The zero-order chi connectivity index (χ0) is 15.0. The Balaban J connectivity index is 2.53. The third kappa shape index (κ3) is 5.10. The van der Waals surface area contributed by atoms with Crippen LogP contribution in [0.15, 0.2) is 43.0 Å². The van der Waals surface area contributed by atoms with Crippen molar-refractivity contribution in [2.75, 3.05) is 6.54 Å². The highest BCUT2D eigenvalue weighted by molar-refractivity contribution is 5.90. The van der Waals surface area contributed by atoms with E-state index in [9.17, 15) is 9.59 Å². The van der Waals surface area contributed by atoms with Crippen LogP contribution in [0.4, 0.5) is 0 Å². The number of nitrogens with one attached hydrogen (secondary N) is 1. The lowest BCUT2D eigenvalue weighted by Gasteiger charge is -2.11. The summed E-state index contributed by atoms with van der Waals surface area (Å²) >= 11 is 0. The third-order valence-corrected chi connectivity index (χ3v) is 2.67. The van der Waals surface area contributed by atoms with Crippen LogP contribution in [-0.2, 0) is 14.3 Å². The number of benzene rings is 1. The summed E-state index contributed by atoms with van der Waals surface area (Å²) in [6, 6.07) is 7.68. The minimum Gasteiger partial charge on any atom is -0.449 e. The van der Waals surface area contributed by atoms with Crippen LogP contribution in [0.25, 0.3) is 6.08 Å². The van der Waals surface area contributed by atoms with E-state index in [1.165, 1.54) is 13.0 Å². The average Bonchev–Trinajstić information content (AvgIpc) is 2.43. The van der Waals surface area contributed by atoms with E-state index in [0.29, 0.717) is 6.54 Å². The summed E-state index contributed by atoms with van der Waals surface area (Å²) in [4.78, 5) is 23.1. The Hall–Kier alpha value is -2.36. The lowest BCUT2D eigenvalue weighted by molar-refractivity contribution is -0.150. The minimum atomic E-state index is -0.830. The standard InChI is InChI=1S/C16H19NO3/c1-4-11-17-16(19)13(3)20-15(18)10-9-14-8-6-5-7-12(14)2/h4-10,13H,1,11H2,2-3H3,(H,17,19)/b10-9+/t13-/m1/s1. The number of ether oxygens (including phenoxy) is 1. The maximum Gasteiger partial charge on any atom is 0.331 e. The quantitative estimate of drug-likeness (QED) is 0.491. The summed E-state index contributed by atoms with van der Waals surface area (Å²) in [5.41, 5.74) is 2.00. The Morgan fingerprint density at radius 1 is 1.40 bits per heavy atom. The predicted molar refractivity (Wildman–Crippen MR) is 79.0 cm³/mol. The van der Waals surface area contributed by atoms with Crippen LogP contribution < -0.4 is 5.32 Å². The van der Waals surface area contributed by atoms with Crippen LogP contribution in [-0.4, -0.2) is 24.5 Å². The van der Waals surface area contributed by atoms with Gasteiger partial charge >= 0.3 is 5.97 Å². The number of aryl methyl sites for hydroxylation is 1. The molecule has 20 heavy (non-hydrogen) atoms. The van der Waals surface area contributed by atoms with Gasteiger partial charge in [-0.05, 0) is 31.1 Å². The molecule has 0 heterocycles. The van der Waals surface area contributed by atoms with Gasteiger partial charge in [0.2, 0.25) is 0 Å². The first-order valence-corrected chi connectivity index (χ1v) is 6.37. The molecule has 1 amide bonds. The molecule has 0 saturated carbocycles. The largest absolute Gasteiger partial charge is 0.449 e.